The highest BCUT2D eigenvalue weighted by Crippen LogP contribution is 2.19. The number of halogens is 1. The molecule has 7 heteroatoms. The van der Waals surface area contributed by atoms with Crippen LogP contribution < -0.4 is 5.32 Å². The average Bonchev–Trinajstić information content (AvgIpc) is 2.51. The predicted octanol–water partition coefficient (Wildman–Crippen LogP) is 1.52. The molecule has 0 saturated heterocycles. The number of nitrogens with one attached hydrogen (secondary N) is 1. The molecule has 0 spiro atoms. The number of nitrogens with zero attached hydrogens (tertiary/aromatic N) is 1. The number of esters is 1. The second-order valence-corrected chi connectivity index (χ2v) is 5.74. The van der Waals surface area contributed by atoms with Crippen molar-refractivity contribution < 1.29 is 19.1 Å². The number of rotatable bonds is 6. The molecule has 0 aliphatic heterocycles. The molecule has 124 valence electrons. The number of hydrogen-bond donors (Lipinski definition) is 1. The number of amides is 2. The lowest BCUT2D eigenvalue weighted by Gasteiger charge is -2.15. The molecule has 1 N–H and O–H groups in total. The standard InChI is InChI=1S/C16H19BrN2O4/c1-11-4-5-12(13(17)8-11)6-7-16(22)23-10-15(21)19(3)9-14(20)18-2/h4-8H,9-10H2,1-3H3,(H,18,20)/b7-6+. The third-order valence-electron chi connectivity index (χ3n) is 2.98. The molecule has 23 heavy (non-hydrogen) atoms. The lowest BCUT2D eigenvalue weighted by molar-refractivity contribution is -0.148. The van der Waals surface area contributed by atoms with E-state index >= 15 is 0 Å². The summed E-state index contributed by atoms with van der Waals surface area (Å²) in [7, 11) is 2.94. The number of hydrogen-bond acceptors (Lipinski definition) is 4. The third-order valence-corrected chi connectivity index (χ3v) is 3.66. The van der Waals surface area contributed by atoms with Gasteiger partial charge in [0.2, 0.25) is 5.91 Å². The van der Waals surface area contributed by atoms with E-state index in [0.717, 1.165) is 15.6 Å². The van der Waals surface area contributed by atoms with Crippen molar-refractivity contribution in [3.05, 3.63) is 39.9 Å². The smallest absolute Gasteiger partial charge is 0.331 e. The maximum absolute atomic E-state index is 11.7. The van der Waals surface area contributed by atoms with Crippen molar-refractivity contribution in [3.8, 4) is 0 Å². The second-order valence-electron chi connectivity index (χ2n) is 4.89. The molecule has 0 fully saturated rings. The number of likely N-dealkylation sites (N-methyl/N-ethyl adjacent to an activating group) is 2. The van der Waals surface area contributed by atoms with Crippen molar-refractivity contribution in [2.24, 2.45) is 0 Å². The molecule has 0 aliphatic carbocycles. The van der Waals surface area contributed by atoms with Crippen LogP contribution in [0.1, 0.15) is 11.1 Å². The summed E-state index contributed by atoms with van der Waals surface area (Å²) >= 11 is 3.41. The SMILES string of the molecule is CNC(=O)CN(C)C(=O)COC(=O)/C=C/c1ccc(C)cc1Br. The quantitative estimate of drug-likeness (QED) is 0.597. The van der Waals surface area contributed by atoms with E-state index in [-0.39, 0.29) is 12.5 Å². The summed E-state index contributed by atoms with van der Waals surface area (Å²) in [5.41, 5.74) is 1.93. The molecule has 2 amide bonds. The van der Waals surface area contributed by atoms with Gasteiger partial charge in [-0.3, -0.25) is 9.59 Å². The van der Waals surface area contributed by atoms with Gasteiger partial charge in [0.05, 0.1) is 6.54 Å². The zero-order valence-corrected chi connectivity index (χ0v) is 14.8. The molecule has 0 aromatic heterocycles. The van der Waals surface area contributed by atoms with Gasteiger partial charge in [0, 0.05) is 24.6 Å². The molecule has 0 heterocycles. The lowest BCUT2D eigenvalue weighted by Crippen LogP contribution is -2.38. The Morgan fingerprint density at radius 1 is 1.35 bits per heavy atom. The van der Waals surface area contributed by atoms with Gasteiger partial charge in [0.15, 0.2) is 6.61 Å². The van der Waals surface area contributed by atoms with Crippen LogP contribution in [-0.2, 0) is 19.1 Å². The van der Waals surface area contributed by atoms with Crippen molar-refractivity contribution in [1.29, 1.82) is 0 Å². The van der Waals surface area contributed by atoms with E-state index in [9.17, 15) is 14.4 Å². The van der Waals surface area contributed by atoms with Crippen LogP contribution in [0.2, 0.25) is 0 Å². The van der Waals surface area contributed by atoms with Gasteiger partial charge in [-0.1, -0.05) is 28.1 Å². The highest BCUT2D eigenvalue weighted by molar-refractivity contribution is 9.10. The minimum absolute atomic E-state index is 0.0843. The maximum atomic E-state index is 11.7. The minimum Gasteiger partial charge on any atom is -0.452 e. The number of carbonyl (C=O) groups excluding carboxylic acids is 3. The summed E-state index contributed by atoms with van der Waals surface area (Å²) < 4.78 is 5.73. The zero-order valence-electron chi connectivity index (χ0n) is 13.3. The summed E-state index contributed by atoms with van der Waals surface area (Å²) in [4.78, 5) is 35.7. The van der Waals surface area contributed by atoms with Gasteiger partial charge in [0.1, 0.15) is 0 Å². The normalized spacial score (nSPS) is 10.4. The van der Waals surface area contributed by atoms with Crippen molar-refractivity contribution in [2.75, 3.05) is 27.2 Å². The van der Waals surface area contributed by atoms with Gasteiger partial charge >= 0.3 is 5.97 Å². The molecule has 0 aliphatic rings. The Hall–Kier alpha value is -2.15. The van der Waals surface area contributed by atoms with Crippen molar-refractivity contribution in [1.82, 2.24) is 10.2 Å². The molecule has 1 aromatic rings. The van der Waals surface area contributed by atoms with Gasteiger partial charge in [-0.15, -0.1) is 0 Å². The topological polar surface area (TPSA) is 75.7 Å². The fourth-order valence-corrected chi connectivity index (χ4v) is 2.22. The fourth-order valence-electron chi connectivity index (χ4n) is 1.60. The highest BCUT2D eigenvalue weighted by Gasteiger charge is 2.13. The average molecular weight is 383 g/mol. The van der Waals surface area contributed by atoms with E-state index in [4.69, 9.17) is 4.74 Å². The Kier molecular flexibility index (Phi) is 7.47. The molecule has 0 saturated carbocycles. The molecule has 0 unspecified atom stereocenters. The Morgan fingerprint density at radius 3 is 2.65 bits per heavy atom. The largest absolute Gasteiger partial charge is 0.452 e. The summed E-state index contributed by atoms with van der Waals surface area (Å²) in [6.07, 6.45) is 2.85. The Morgan fingerprint density at radius 2 is 2.04 bits per heavy atom. The fraction of sp³-hybridized carbons (Fsp3) is 0.312. The third kappa shape index (κ3) is 6.65. The highest BCUT2D eigenvalue weighted by atomic mass is 79.9. The number of carbonyl (C=O) groups is 3. The Labute approximate surface area is 143 Å². The van der Waals surface area contributed by atoms with E-state index in [1.54, 1.807) is 6.08 Å². The van der Waals surface area contributed by atoms with Crippen LogP contribution in [0, 0.1) is 6.92 Å². The van der Waals surface area contributed by atoms with E-state index in [0.29, 0.717) is 0 Å². The Balaban J connectivity index is 2.49. The van der Waals surface area contributed by atoms with Crippen molar-refractivity contribution >= 4 is 39.8 Å². The number of benzene rings is 1. The molecule has 0 bridgehead atoms. The van der Waals surface area contributed by atoms with Crippen LogP contribution in [0.5, 0.6) is 0 Å². The van der Waals surface area contributed by atoms with Gasteiger partial charge in [-0.05, 0) is 30.2 Å². The van der Waals surface area contributed by atoms with E-state index in [1.165, 1.54) is 25.1 Å². The maximum Gasteiger partial charge on any atom is 0.331 e. The summed E-state index contributed by atoms with van der Waals surface area (Å²) in [6.45, 7) is 1.47. The second kappa shape index (κ2) is 9.09. The van der Waals surface area contributed by atoms with Gasteiger partial charge in [-0.25, -0.2) is 4.79 Å². The lowest BCUT2D eigenvalue weighted by atomic mass is 10.1. The molecule has 1 rings (SSSR count). The van der Waals surface area contributed by atoms with Gasteiger partial charge < -0.3 is 15.0 Å². The first kappa shape index (κ1) is 18.9. The molecular formula is C16H19BrN2O4. The monoisotopic (exact) mass is 382 g/mol. The molecule has 6 nitrogen and oxygen atoms in total. The molecule has 0 radical (unpaired) electrons. The van der Waals surface area contributed by atoms with Crippen LogP contribution >= 0.6 is 15.9 Å². The van der Waals surface area contributed by atoms with Crippen LogP contribution in [0.4, 0.5) is 0 Å². The Bertz CT molecular complexity index is 629. The minimum atomic E-state index is -0.626. The summed E-state index contributed by atoms with van der Waals surface area (Å²) in [5, 5.41) is 2.41. The number of ether oxygens (including phenoxy) is 1. The first-order chi connectivity index (χ1) is 10.8. The van der Waals surface area contributed by atoms with Crippen LogP contribution in [0.25, 0.3) is 6.08 Å². The van der Waals surface area contributed by atoms with Gasteiger partial charge in [0.25, 0.3) is 5.91 Å². The molecular weight excluding hydrogens is 364 g/mol. The first-order valence-corrected chi connectivity index (χ1v) is 7.68. The zero-order chi connectivity index (χ0) is 17.4. The summed E-state index contributed by atoms with van der Waals surface area (Å²) in [5.74, 6) is -1.37. The van der Waals surface area contributed by atoms with E-state index in [1.807, 2.05) is 25.1 Å². The first-order valence-electron chi connectivity index (χ1n) is 6.89. The molecule has 1 aromatic carbocycles. The molecule has 0 atom stereocenters. The van der Waals surface area contributed by atoms with Crippen LogP contribution in [0.15, 0.2) is 28.7 Å². The van der Waals surface area contributed by atoms with Crippen LogP contribution in [0.3, 0.4) is 0 Å². The van der Waals surface area contributed by atoms with Crippen molar-refractivity contribution in [2.45, 2.75) is 6.92 Å². The van der Waals surface area contributed by atoms with E-state index < -0.39 is 18.5 Å². The van der Waals surface area contributed by atoms with Crippen LogP contribution in [-0.4, -0.2) is 49.9 Å². The predicted molar refractivity (Wildman–Crippen MR) is 90.6 cm³/mol. The van der Waals surface area contributed by atoms with Gasteiger partial charge in [-0.2, -0.15) is 0 Å². The summed E-state index contributed by atoms with van der Waals surface area (Å²) in [6, 6.07) is 5.72. The number of aryl methyl sites for hydroxylation is 1. The van der Waals surface area contributed by atoms with Crippen molar-refractivity contribution in [3.63, 3.8) is 0 Å². The van der Waals surface area contributed by atoms with E-state index in [2.05, 4.69) is 21.2 Å².